The van der Waals surface area contributed by atoms with Crippen LogP contribution in [0.15, 0.2) is 30.3 Å². The summed E-state index contributed by atoms with van der Waals surface area (Å²) in [6.45, 7) is 3.04. The highest BCUT2D eigenvalue weighted by Gasteiger charge is 2.23. The van der Waals surface area contributed by atoms with Gasteiger partial charge in [-0.3, -0.25) is 4.79 Å². The fourth-order valence-electron chi connectivity index (χ4n) is 2.57. The Morgan fingerprint density at radius 2 is 2.24 bits per heavy atom. The van der Waals surface area contributed by atoms with Gasteiger partial charge in [-0.15, -0.1) is 11.3 Å². The molecule has 2 aromatic rings. The predicted molar refractivity (Wildman–Crippen MR) is 86.6 cm³/mol. The van der Waals surface area contributed by atoms with Crippen LogP contribution < -0.4 is 10.6 Å². The predicted octanol–water partition coefficient (Wildman–Crippen LogP) is 3.06. The first-order chi connectivity index (χ1) is 10.3. The molecule has 2 N–H and O–H groups in total. The number of hydrogen-bond donors (Lipinski definition) is 2. The van der Waals surface area contributed by atoms with Crippen LogP contribution in [0.5, 0.6) is 0 Å². The van der Waals surface area contributed by atoms with Crippen LogP contribution in [0.1, 0.15) is 24.6 Å². The summed E-state index contributed by atoms with van der Waals surface area (Å²) in [5.41, 5.74) is 2.09. The maximum atomic E-state index is 12.2. The summed E-state index contributed by atoms with van der Waals surface area (Å²) < 4.78 is 0. The van der Waals surface area contributed by atoms with Crippen molar-refractivity contribution in [3.8, 4) is 11.3 Å². The topological polar surface area (TPSA) is 54.0 Å². The first-order valence-corrected chi connectivity index (χ1v) is 8.19. The lowest BCUT2D eigenvalue weighted by Gasteiger charge is -2.08. The summed E-state index contributed by atoms with van der Waals surface area (Å²) in [7, 11) is 0. The van der Waals surface area contributed by atoms with Crippen molar-refractivity contribution in [2.45, 2.75) is 32.2 Å². The fourth-order valence-corrected chi connectivity index (χ4v) is 3.49. The van der Waals surface area contributed by atoms with Crippen LogP contribution in [0.2, 0.25) is 0 Å². The van der Waals surface area contributed by atoms with E-state index in [0.29, 0.717) is 5.13 Å². The first kappa shape index (κ1) is 14.2. The van der Waals surface area contributed by atoms with Gasteiger partial charge in [0.1, 0.15) is 0 Å². The van der Waals surface area contributed by atoms with Crippen molar-refractivity contribution in [2.75, 3.05) is 11.9 Å². The van der Waals surface area contributed by atoms with Gasteiger partial charge < -0.3 is 10.6 Å². The monoisotopic (exact) mass is 301 g/mol. The molecule has 5 heteroatoms. The van der Waals surface area contributed by atoms with Crippen molar-refractivity contribution in [3.63, 3.8) is 0 Å². The number of benzene rings is 1. The Bertz CT molecular complexity index is 618. The molecule has 0 radical (unpaired) electrons. The third kappa shape index (κ3) is 3.14. The Balaban J connectivity index is 1.81. The summed E-state index contributed by atoms with van der Waals surface area (Å²) in [6.07, 6.45) is 2.88. The molecule has 1 aromatic carbocycles. The van der Waals surface area contributed by atoms with Gasteiger partial charge in [-0.2, -0.15) is 0 Å². The molecule has 1 atom stereocenters. The van der Waals surface area contributed by atoms with Crippen LogP contribution in [-0.4, -0.2) is 23.5 Å². The number of amides is 1. The van der Waals surface area contributed by atoms with E-state index in [0.717, 1.165) is 37.1 Å². The second-order valence-corrected chi connectivity index (χ2v) is 6.23. The number of aryl methyl sites for hydroxylation is 1. The average Bonchev–Trinajstić information content (AvgIpc) is 3.17. The van der Waals surface area contributed by atoms with Crippen LogP contribution in [0.3, 0.4) is 0 Å². The van der Waals surface area contributed by atoms with E-state index in [1.165, 1.54) is 4.88 Å². The van der Waals surface area contributed by atoms with E-state index in [1.807, 2.05) is 18.2 Å². The molecule has 1 aromatic heterocycles. The molecule has 1 aliphatic rings. The third-order valence-corrected chi connectivity index (χ3v) is 4.79. The molecule has 0 spiro atoms. The molecule has 4 nitrogen and oxygen atoms in total. The minimum atomic E-state index is -0.0702. The highest BCUT2D eigenvalue weighted by atomic mass is 32.1. The van der Waals surface area contributed by atoms with E-state index >= 15 is 0 Å². The summed E-state index contributed by atoms with van der Waals surface area (Å²) in [5, 5.41) is 6.86. The molecule has 0 saturated carbocycles. The molecule has 0 aliphatic carbocycles. The third-order valence-electron chi connectivity index (χ3n) is 3.67. The second-order valence-electron chi connectivity index (χ2n) is 5.15. The van der Waals surface area contributed by atoms with Crippen molar-refractivity contribution in [2.24, 2.45) is 0 Å². The highest BCUT2D eigenvalue weighted by molar-refractivity contribution is 7.16. The Morgan fingerprint density at radius 1 is 1.43 bits per heavy atom. The molecule has 1 saturated heterocycles. The van der Waals surface area contributed by atoms with E-state index < -0.39 is 0 Å². The normalized spacial score (nSPS) is 17.9. The highest BCUT2D eigenvalue weighted by Crippen LogP contribution is 2.31. The zero-order valence-corrected chi connectivity index (χ0v) is 12.9. The Labute approximate surface area is 128 Å². The maximum absolute atomic E-state index is 12.2. The van der Waals surface area contributed by atoms with Gasteiger partial charge in [-0.05, 0) is 25.8 Å². The van der Waals surface area contributed by atoms with Crippen molar-refractivity contribution in [3.05, 3.63) is 35.2 Å². The Morgan fingerprint density at radius 3 is 2.90 bits per heavy atom. The smallest absolute Gasteiger partial charge is 0.243 e. The van der Waals surface area contributed by atoms with Crippen LogP contribution in [0.4, 0.5) is 5.13 Å². The summed E-state index contributed by atoms with van der Waals surface area (Å²) >= 11 is 1.57. The van der Waals surface area contributed by atoms with E-state index in [4.69, 9.17) is 0 Å². The lowest BCUT2D eigenvalue weighted by molar-refractivity contribution is -0.117. The van der Waals surface area contributed by atoms with Crippen LogP contribution >= 0.6 is 11.3 Å². The SMILES string of the molecule is CCc1sc(NC(=O)C2CCCN2)nc1-c1ccccc1. The number of rotatable bonds is 4. The average molecular weight is 301 g/mol. The number of hydrogen-bond acceptors (Lipinski definition) is 4. The molecule has 1 fully saturated rings. The summed E-state index contributed by atoms with van der Waals surface area (Å²) in [4.78, 5) is 18.0. The number of carbonyl (C=O) groups is 1. The van der Waals surface area contributed by atoms with Crippen LogP contribution in [0, 0.1) is 0 Å². The zero-order valence-electron chi connectivity index (χ0n) is 12.1. The minimum Gasteiger partial charge on any atom is -0.306 e. The maximum Gasteiger partial charge on any atom is 0.243 e. The van der Waals surface area contributed by atoms with Gasteiger partial charge in [0, 0.05) is 10.4 Å². The van der Waals surface area contributed by atoms with Gasteiger partial charge in [-0.25, -0.2) is 4.98 Å². The van der Waals surface area contributed by atoms with Crippen LogP contribution in [-0.2, 0) is 11.2 Å². The fraction of sp³-hybridized carbons (Fsp3) is 0.375. The molecular formula is C16H19N3OS. The van der Waals surface area contributed by atoms with Crippen molar-refractivity contribution in [1.82, 2.24) is 10.3 Å². The number of thiazole rings is 1. The van der Waals surface area contributed by atoms with Crippen molar-refractivity contribution < 1.29 is 4.79 Å². The Kier molecular flexibility index (Phi) is 4.31. The Hall–Kier alpha value is -1.72. The number of nitrogens with one attached hydrogen (secondary N) is 2. The molecule has 3 rings (SSSR count). The zero-order chi connectivity index (χ0) is 14.7. The van der Waals surface area contributed by atoms with Gasteiger partial charge in [-0.1, -0.05) is 37.3 Å². The standard InChI is InChI=1S/C16H19N3OS/c1-2-13-14(11-7-4-3-5-8-11)18-16(21-13)19-15(20)12-9-6-10-17-12/h3-5,7-8,12,17H,2,6,9-10H2,1H3,(H,18,19,20). The minimum absolute atomic E-state index is 0.0310. The quantitative estimate of drug-likeness (QED) is 0.912. The number of nitrogens with zero attached hydrogens (tertiary/aromatic N) is 1. The largest absolute Gasteiger partial charge is 0.306 e. The van der Waals surface area contributed by atoms with E-state index in [9.17, 15) is 4.79 Å². The molecule has 0 bridgehead atoms. The van der Waals surface area contributed by atoms with Gasteiger partial charge in [0.2, 0.25) is 5.91 Å². The van der Waals surface area contributed by atoms with Crippen molar-refractivity contribution >= 4 is 22.4 Å². The van der Waals surface area contributed by atoms with Gasteiger partial charge in [0.05, 0.1) is 11.7 Å². The van der Waals surface area contributed by atoms with Crippen molar-refractivity contribution in [1.29, 1.82) is 0 Å². The molecular weight excluding hydrogens is 282 g/mol. The molecule has 110 valence electrons. The van der Waals surface area contributed by atoms with Gasteiger partial charge in [0.25, 0.3) is 0 Å². The van der Waals surface area contributed by atoms with E-state index in [-0.39, 0.29) is 11.9 Å². The molecule has 1 unspecified atom stereocenters. The molecule has 21 heavy (non-hydrogen) atoms. The summed E-state index contributed by atoms with van der Waals surface area (Å²) in [6, 6.07) is 10.1. The number of carbonyl (C=O) groups excluding carboxylic acids is 1. The van der Waals surface area contributed by atoms with Gasteiger partial charge in [0.15, 0.2) is 5.13 Å². The number of anilines is 1. The van der Waals surface area contributed by atoms with E-state index in [2.05, 4.69) is 34.7 Å². The first-order valence-electron chi connectivity index (χ1n) is 7.37. The molecule has 2 heterocycles. The lowest BCUT2D eigenvalue weighted by Crippen LogP contribution is -2.35. The lowest BCUT2D eigenvalue weighted by atomic mass is 10.1. The van der Waals surface area contributed by atoms with Gasteiger partial charge >= 0.3 is 0 Å². The van der Waals surface area contributed by atoms with E-state index in [1.54, 1.807) is 11.3 Å². The van der Waals surface area contributed by atoms with Crippen LogP contribution in [0.25, 0.3) is 11.3 Å². The summed E-state index contributed by atoms with van der Waals surface area (Å²) in [5.74, 6) is 0.0310. The molecule has 1 aliphatic heterocycles. The molecule has 1 amide bonds. The second kappa shape index (κ2) is 6.37. The number of aromatic nitrogens is 1.